The molecule has 2 heterocycles. The summed E-state index contributed by atoms with van der Waals surface area (Å²) in [6, 6.07) is 13.5. The van der Waals surface area contributed by atoms with Crippen LogP contribution in [0.5, 0.6) is 11.5 Å². The maximum Gasteiger partial charge on any atom is 0.323 e. The zero-order chi connectivity index (χ0) is 19.8. The number of aromatic nitrogens is 1. The van der Waals surface area contributed by atoms with Gasteiger partial charge in [0.1, 0.15) is 17.5 Å². The number of fused-ring (bicyclic) bond motifs is 3. The van der Waals surface area contributed by atoms with Crippen LogP contribution in [0.3, 0.4) is 0 Å². The van der Waals surface area contributed by atoms with E-state index in [1.807, 2.05) is 37.4 Å². The van der Waals surface area contributed by atoms with Gasteiger partial charge in [-0.1, -0.05) is 18.2 Å². The molecule has 2 atom stereocenters. The van der Waals surface area contributed by atoms with Crippen LogP contribution >= 0.6 is 0 Å². The van der Waals surface area contributed by atoms with Gasteiger partial charge in [0.05, 0.1) is 27.4 Å². The van der Waals surface area contributed by atoms with Gasteiger partial charge >= 0.3 is 5.97 Å². The molecule has 0 unspecified atom stereocenters. The van der Waals surface area contributed by atoms with Gasteiger partial charge in [-0.15, -0.1) is 0 Å². The van der Waals surface area contributed by atoms with Crippen molar-refractivity contribution < 1.29 is 19.0 Å². The van der Waals surface area contributed by atoms with Gasteiger partial charge in [-0.2, -0.15) is 0 Å². The molecule has 1 aromatic heterocycles. The van der Waals surface area contributed by atoms with E-state index in [-0.39, 0.29) is 18.1 Å². The second kappa shape index (κ2) is 7.20. The van der Waals surface area contributed by atoms with Crippen molar-refractivity contribution in [2.45, 2.75) is 18.5 Å². The van der Waals surface area contributed by atoms with Gasteiger partial charge in [-0.3, -0.25) is 9.69 Å². The first-order chi connectivity index (χ1) is 13.6. The highest BCUT2D eigenvalue weighted by Gasteiger charge is 2.39. The molecule has 0 fully saturated rings. The second-order valence-electron chi connectivity index (χ2n) is 7.02. The summed E-state index contributed by atoms with van der Waals surface area (Å²) in [6.07, 6.45) is 0.597. The number of rotatable bonds is 4. The minimum absolute atomic E-state index is 0.163. The molecule has 6 heteroatoms. The molecule has 0 bridgehead atoms. The molecule has 0 radical (unpaired) electrons. The van der Waals surface area contributed by atoms with Crippen LogP contribution in [0.1, 0.15) is 22.9 Å². The Bertz CT molecular complexity index is 1000. The molecule has 3 aromatic rings. The zero-order valence-corrected chi connectivity index (χ0v) is 16.5. The van der Waals surface area contributed by atoms with Gasteiger partial charge in [-0.05, 0) is 36.4 Å². The average Bonchev–Trinajstić information content (AvgIpc) is 3.10. The molecule has 0 spiro atoms. The van der Waals surface area contributed by atoms with Crippen molar-refractivity contribution in [2.24, 2.45) is 0 Å². The fraction of sp³-hybridized carbons (Fsp3) is 0.318. The maximum absolute atomic E-state index is 12.5. The Morgan fingerprint density at radius 2 is 1.75 bits per heavy atom. The molecule has 4 rings (SSSR count). The third kappa shape index (κ3) is 2.90. The molecule has 2 aromatic carbocycles. The molecule has 6 nitrogen and oxygen atoms in total. The predicted molar refractivity (Wildman–Crippen MR) is 107 cm³/mol. The van der Waals surface area contributed by atoms with E-state index in [1.165, 1.54) is 7.11 Å². The van der Waals surface area contributed by atoms with Gasteiger partial charge in [0.25, 0.3) is 0 Å². The zero-order valence-electron chi connectivity index (χ0n) is 16.5. The quantitative estimate of drug-likeness (QED) is 0.704. The van der Waals surface area contributed by atoms with Gasteiger partial charge < -0.3 is 19.2 Å². The van der Waals surface area contributed by atoms with Crippen LogP contribution in [-0.2, 0) is 16.0 Å². The molecular formula is C22H24N2O4. The maximum atomic E-state index is 12.5. The van der Waals surface area contributed by atoms with E-state index in [0.29, 0.717) is 17.9 Å². The summed E-state index contributed by atoms with van der Waals surface area (Å²) in [5.74, 6) is 1.18. The van der Waals surface area contributed by atoms with E-state index in [1.54, 1.807) is 14.2 Å². The van der Waals surface area contributed by atoms with E-state index in [4.69, 9.17) is 14.2 Å². The largest absolute Gasteiger partial charge is 0.497 e. The summed E-state index contributed by atoms with van der Waals surface area (Å²) >= 11 is 0. The first kappa shape index (κ1) is 18.4. The van der Waals surface area contributed by atoms with Gasteiger partial charge in [0.15, 0.2) is 0 Å². The molecule has 0 aliphatic carbocycles. The molecule has 1 aliphatic heterocycles. The van der Waals surface area contributed by atoms with Crippen LogP contribution in [0.15, 0.2) is 42.5 Å². The SMILES string of the molecule is COC(=O)[C@@H]1Cc2c([nH]c3ccccc23)[C@H](c2cc(OC)cc(OC)c2)N1C. The molecule has 0 saturated carbocycles. The Labute approximate surface area is 164 Å². The second-order valence-corrected chi connectivity index (χ2v) is 7.02. The summed E-state index contributed by atoms with van der Waals surface area (Å²) in [5.41, 5.74) is 4.28. The number of methoxy groups -OCH3 is 3. The molecule has 1 aliphatic rings. The summed E-state index contributed by atoms with van der Waals surface area (Å²) in [5, 5.41) is 1.14. The highest BCUT2D eigenvalue weighted by molar-refractivity contribution is 5.87. The van der Waals surface area contributed by atoms with Crippen LogP contribution < -0.4 is 9.47 Å². The van der Waals surface area contributed by atoms with Crippen molar-refractivity contribution >= 4 is 16.9 Å². The number of aromatic amines is 1. The molecule has 0 saturated heterocycles. The number of likely N-dealkylation sites (N-methyl/N-ethyl adjacent to an activating group) is 1. The van der Waals surface area contributed by atoms with E-state index in [2.05, 4.69) is 22.0 Å². The van der Waals surface area contributed by atoms with Crippen molar-refractivity contribution in [3.05, 3.63) is 59.3 Å². The average molecular weight is 380 g/mol. The number of ether oxygens (including phenoxy) is 3. The number of hydrogen-bond donors (Lipinski definition) is 1. The third-order valence-electron chi connectivity index (χ3n) is 5.58. The van der Waals surface area contributed by atoms with Gasteiger partial charge in [-0.25, -0.2) is 0 Å². The van der Waals surface area contributed by atoms with Crippen molar-refractivity contribution in [3.63, 3.8) is 0 Å². The molecule has 28 heavy (non-hydrogen) atoms. The number of nitrogens with one attached hydrogen (secondary N) is 1. The monoisotopic (exact) mass is 380 g/mol. The summed E-state index contributed by atoms with van der Waals surface area (Å²) in [7, 11) is 6.65. The first-order valence-corrected chi connectivity index (χ1v) is 9.19. The molecule has 1 N–H and O–H groups in total. The minimum Gasteiger partial charge on any atom is -0.497 e. The Kier molecular flexibility index (Phi) is 4.73. The smallest absolute Gasteiger partial charge is 0.323 e. The Morgan fingerprint density at radius 1 is 1.07 bits per heavy atom. The van der Waals surface area contributed by atoms with E-state index < -0.39 is 0 Å². The number of nitrogens with zero attached hydrogens (tertiary/aromatic N) is 1. The topological polar surface area (TPSA) is 63.8 Å². The highest BCUT2D eigenvalue weighted by Crippen LogP contribution is 2.41. The van der Waals surface area contributed by atoms with E-state index in [9.17, 15) is 4.79 Å². The summed E-state index contributed by atoms with van der Waals surface area (Å²) < 4.78 is 16.0. The van der Waals surface area contributed by atoms with Crippen LogP contribution in [0.2, 0.25) is 0 Å². The lowest BCUT2D eigenvalue weighted by Gasteiger charge is -2.38. The Hall–Kier alpha value is -2.99. The number of H-pyrrole nitrogens is 1. The molecular weight excluding hydrogens is 356 g/mol. The fourth-order valence-electron chi connectivity index (χ4n) is 4.17. The van der Waals surface area contributed by atoms with E-state index >= 15 is 0 Å². The van der Waals surface area contributed by atoms with Crippen LogP contribution in [0.25, 0.3) is 10.9 Å². The van der Waals surface area contributed by atoms with Gasteiger partial charge in [0.2, 0.25) is 0 Å². The lowest BCUT2D eigenvalue weighted by molar-refractivity contribution is -0.147. The predicted octanol–water partition coefficient (Wildman–Crippen LogP) is 3.30. The summed E-state index contributed by atoms with van der Waals surface area (Å²) in [4.78, 5) is 18.2. The van der Waals surface area contributed by atoms with E-state index in [0.717, 1.165) is 27.7 Å². The Morgan fingerprint density at radius 3 is 2.39 bits per heavy atom. The highest BCUT2D eigenvalue weighted by atomic mass is 16.5. The number of para-hydroxylation sites is 1. The van der Waals surface area contributed by atoms with Crippen LogP contribution in [0, 0.1) is 0 Å². The van der Waals surface area contributed by atoms with Crippen molar-refractivity contribution in [1.82, 2.24) is 9.88 Å². The summed E-state index contributed by atoms with van der Waals surface area (Å²) in [6.45, 7) is 0. The fourth-order valence-corrected chi connectivity index (χ4v) is 4.17. The van der Waals surface area contributed by atoms with Crippen molar-refractivity contribution in [3.8, 4) is 11.5 Å². The number of carbonyl (C=O) groups excluding carboxylic acids is 1. The molecule has 146 valence electrons. The third-order valence-corrected chi connectivity index (χ3v) is 5.58. The molecule has 0 amide bonds. The standard InChI is InChI=1S/C22H24N2O4/c1-24-19(22(25)28-4)12-17-16-7-5-6-8-18(16)23-20(17)21(24)13-9-14(26-2)11-15(10-13)27-3/h5-11,19,21,23H,12H2,1-4H3/t19-,21-/m0/s1. The van der Waals surface area contributed by atoms with Gasteiger partial charge in [0, 0.05) is 29.1 Å². The Balaban J connectivity index is 1.94. The van der Waals surface area contributed by atoms with Crippen molar-refractivity contribution in [1.29, 1.82) is 0 Å². The number of esters is 1. The minimum atomic E-state index is -0.376. The van der Waals surface area contributed by atoms with Crippen LogP contribution in [-0.4, -0.2) is 50.3 Å². The number of carbonyl (C=O) groups is 1. The normalized spacial score (nSPS) is 19.3. The van der Waals surface area contributed by atoms with Crippen molar-refractivity contribution in [2.75, 3.05) is 28.4 Å². The lowest BCUT2D eigenvalue weighted by atomic mass is 9.88. The number of hydrogen-bond acceptors (Lipinski definition) is 5. The number of benzene rings is 2. The first-order valence-electron chi connectivity index (χ1n) is 9.19. The van der Waals surface area contributed by atoms with Crippen LogP contribution in [0.4, 0.5) is 0 Å². The lowest BCUT2D eigenvalue weighted by Crippen LogP contribution is -2.46.